The van der Waals surface area contributed by atoms with Crippen LogP contribution in [0.15, 0.2) is 35.3 Å². The molecule has 0 spiro atoms. The lowest BCUT2D eigenvalue weighted by Crippen LogP contribution is -2.31. The molecule has 0 N–H and O–H groups in total. The van der Waals surface area contributed by atoms with Gasteiger partial charge >= 0.3 is 0 Å². The number of methoxy groups -OCH3 is 4. The molecule has 0 unspecified atom stereocenters. The van der Waals surface area contributed by atoms with Crippen molar-refractivity contribution < 1.29 is 33.3 Å². The zero-order chi connectivity index (χ0) is 18.8. The molecule has 1 aromatic rings. The highest BCUT2D eigenvalue weighted by Crippen LogP contribution is 2.40. The second kappa shape index (κ2) is 7.11. The van der Waals surface area contributed by atoms with Crippen LogP contribution in [0.2, 0.25) is 0 Å². The van der Waals surface area contributed by atoms with E-state index in [0.29, 0.717) is 29.2 Å². The van der Waals surface area contributed by atoms with E-state index in [1.54, 1.807) is 20.3 Å². The molecule has 0 saturated heterocycles. The fraction of sp³-hybridized carbons (Fsp3) is 0.368. The Hall–Kier alpha value is -2.96. The van der Waals surface area contributed by atoms with Crippen molar-refractivity contribution in [3.05, 3.63) is 40.9 Å². The van der Waals surface area contributed by atoms with Crippen molar-refractivity contribution in [2.75, 3.05) is 35.0 Å². The summed E-state index contributed by atoms with van der Waals surface area (Å²) in [5.41, 5.74) is 1.23. The van der Waals surface area contributed by atoms with Gasteiger partial charge in [-0.3, -0.25) is 9.59 Å². The van der Waals surface area contributed by atoms with Gasteiger partial charge in [-0.05, 0) is 24.1 Å². The monoisotopic (exact) mass is 360 g/mol. The standard InChI is InChI=1S/C19H20O7/c1-22-15-6-10-5-11(9-26-14(10)8-16(15)23-2)12-7-13(20)18(24-3)19(25-4)17(12)21/h6-8,11H,5,9H2,1-4H3/t11-/m0/s1. The van der Waals surface area contributed by atoms with Gasteiger partial charge in [-0.2, -0.15) is 0 Å². The second-order valence-corrected chi connectivity index (χ2v) is 5.89. The number of carbonyl (C=O) groups excluding carboxylic acids is 2. The number of ether oxygens (including phenoxy) is 5. The SMILES string of the molecule is COC1=C(OC)C(=O)C([C@@H]2COc3cc(OC)c(OC)cc3C2)=CC1=O. The molecule has 1 atom stereocenters. The van der Waals surface area contributed by atoms with Gasteiger partial charge in [0.1, 0.15) is 5.75 Å². The highest BCUT2D eigenvalue weighted by atomic mass is 16.5. The summed E-state index contributed by atoms with van der Waals surface area (Å²) in [5, 5.41) is 0. The molecule has 1 aromatic carbocycles. The van der Waals surface area contributed by atoms with Crippen LogP contribution in [0, 0.1) is 5.92 Å². The van der Waals surface area contributed by atoms with Gasteiger partial charge < -0.3 is 23.7 Å². The van der Waals surface area contributed by atoms with Crippen LogP contribution in [-0.4, -0.2) is 46.6 Å². The summed E-state index contributed by atoms with van der Waals surface area (Å²) in [6, 6.07) is 3.58. The van der Waals surface area contributed by atoms with E-state index in [0.717, 1.165) is 5.56 Å². The summed E-state index contributed by atoms with van der Waals surface area (Å²) in [6.45, 7) is 0.270. The Balaban J connectivity index is 1.92. The molecule has 1 aliphatic heterocycles. The van der Waals surface area contributed by atoms with Crippen LogP contribution in [-0.2, 0) is 25.5 Å². The number of benzene rings is 1. The fourth-order valence-electron chi connectivity index (χ4n) is 3.21. The summed E-state index contributed by atoms with van der Waals surface area (Å²) in [7, 11) is 5.78. The van der Waals surface area contributed by atoms with E-state index in [1.165, 1.54) is 20.3 Å². The number of Topliss-reactive ketones (excluding diaryl/α,β-unsaturated/α-hetero) is 1. The molecule has 0 radical (unpaired) electrons. The fourth-order valence-corrected chi connectivity index (χ4v) is 3.21. The molecular weight excluding hydrogens is 340 g/mol. The molecule has 138 valence electrons. The third-order valence-corrected chi connectivity index (χ3v) is 4.51. The van der Waals surface area contributed by atoms with Crippen molar-refractivity contribution >= 4 is 11.6 Å². The van der Waals surface area contributed by atoms with Gasteiger partial charge in [0.05, 0.1) is 35.0 Å². The quantitative estimate of drug-likeness (QED) is 0.741. The lowest BCUT2D eigenvalue weighted by atomic mass is 9.84. The van der Waals surface area contributed by atoms with E-state index in [-0.39, 0.29) is 29.8 Å². The second-order valence-electron chi connectivity index (χ2n) is 5.89. The summed E-state index contributed by atoms with van der Waals surface area (Å²) in [6.07, 6.45) is 1.84. The maximum Gasteiger partial charge on any atom is 0.228 e. The smallest absolute Gasteiger partial charge is 0.228 e. The normalized spacial score (nSPS) is 19.4. The molecule has 7 heteroatoms. The molecular formula is C19H20O7. The maximum absolute atomic E-state index is 12.7. The number of fused-ring (bicyclic) bond motifs is 1. The van der Waals surface area contributed by atoms with Crippen LogP contribution >= 0.6 is 0 Å². The first kappa shape index (κ1) is 17.8. The minimum atomic E-state index is -0.392. The van der Waals surface area contributed by atoms with E-state index in [9.17, 15) is 9.59 Å². The van der Waals surface area contributed by atoms with Gasteiger partial charge in [0.25, 0.3) is 0 Å². The molecule has 2 aliphatic rings. The average Bonchev–Trinajstić information content (AvgIpc) is 2.67. The Labute approximate surface area is 151 Å². The van der Waals surface area contributed by atoms with Gasteiger partial charge in [-0.25, -0.2) is 0 Å². The summed E-state index contributed by atoms with van der Waals surface area (Å²) in [4.78, 5) is 25.0. The Morgan fingerprint density at radius 1 is 0.923 bits per heavy atom. The molecule has 0 fully saturated rings. The van der Waals surface area contributed by atoms with Crippen molar-refractivity contribution in [2.45, 2.75) is 6.42 Å². The van der Waals surface area contributed by atoms with Crippen LogP contribution in [0.3, 0.4) is 0 Å². The van der Waals surface area contributed by atoms with Gasteiger partial charge in [0, 0.05) is 17.6 Å². The number of allylic oxidation sites excluding steroid dienone is 2. The van der Waals surface area contributed by atoms with Crippen molar-refractivity contribution in [1.29, 1.82) is 0 Å². The third-order valence-electron chi connectivity index (χ3n) is 4.51. The van der Waals surface area contributed by atoms with Crippen LogP contribution < -0.4 is 14.2 Å². The lowest BCUT2D eigenvalue weighted by Gasteiger charge is -2.29. The molecule has 3 rings (SSSR count). The molecule has 7 nitrogen and oxygen atoms in total. The minimum Gasteiger partial charge on any atom is -0.493 e. The molecule has 0 bridgehead atoms. The first-order valence-electron chi connectivity index (χ1n) is 8.04. The maximum atomic E-state index is 12.7. The van der Waals surface area contributed by atoms with Crippen molar-refractivity contribution in [3.8, 4) is 17.2 Å². The zero-order valence-corrected chi connectivity index (χ0v) is 15.1. The minimum absolute atomic E-state index is 0.0758. The highest BCUT2D eigenvalue weighted by Gasteiger charge is 2.36. The van der Waals surface area contributed by atoms with Crippen LogP contribution in [0.5, 0.6) is 17.2 Å². The summed E-state index contributed by atoms with van der Waals surface area (Å²) >= 11 is 0. The number of hydrogen-bond donors (Lipinski definition) is 0. The Morgan fingerprint density at radius 2 is 1.58 bits per heavy atom. The predicted octanol–water partition coefficient (Wildman–Crippen LogP) is 1.84. The van der Waals surface area contributed by atoms with Gasteiger partial charge in [-0.1, -0.05) is 0 Å². The van der Waals surface area contributed by atoms with E-state index in [2.05, 4.69) is 0 Å². The molecule has 0 saturated carbocycles. The number of ketones is 2. The number of carbonyl (C=O) groups is 2. The zero-order valence-electron chi connectivity index (χ0n) is 15.1. The first-order valence-corrected chi connectivity index (χ1v) is 8.04. The Bertz CT molecular complexity index is 819. The first-order chi connectivity index (χ1) is 12.5. The number of hydrogen-bond acceptors (Lipinski definition) is 7. The van der Waals surface area contributed by atoms with Crippen LogP contribution in [0.25, 0.3) is 0 Å². The van der Waals surface area contributed by atoms with E-state index in [4.69, 9.17) is 23.7 Å². The predicted molar refractivity (Wildman–Crippen MR) is 91.4 cm³/mol. The van der Waals surface area contributed by atoms with Crippen LogP contribution in [0.1, 0.15) is 5.56 Å². The largest absolute Gasteiger partial charge is 0.493 e. The van der Waals surface area contributed by atoms with Crippen molar-refractivity contribution in [3.63, 3.8) is 0 Å². The van der Waals surface area contributed by atoms with E-state index >= 15 is 0 Å². The molecule has 26 heavy (non-hydrogen) atoms. The molecule has 0 aromatic heterocycles. The Morgan fingerprint density at radius 3 is 2.19 bits per heavy atom. The molecule has 1 aliphatic carbocycles. The van der Waals surface area contributed by atoms with Gasteiger partial charge in [0.15, 0.2) is 11.5 Å². The van der Waals surface area contributed by atoms with Crippen molar-refractivity contribution in [2.24, 2.45) is 5.92 Å². The average molecular weight is 360 g/mol. The molecule has 0 amide bonds. The Kier molecular flexibility index (Phi) is 4.88. The molecule has 1 heterocycles. The van der Waals surface area contributed by atoms with E-state index in [1.807, 2.05) is 6.07 Å². The summed E-state index contributed by atoms with van der Waals surface area (Å²) in [5.74, 6) is 0.642. The summed E-state index contributed by atoms with van der Waals surface area (Å²) < 4.78 is 26.5. The van der Waals surface area contributed by atoms with E-state index < -0.39 is 5.78 Å². The lowest BCUT2D eigenvalue weighted by molar-refractivity contribution is -0.121. The van der Waals surface area contributed by atoms with Gasteiger partial charge in [-0.15, -0.1) is 0 Å². The third kappa shape index (κ3) is 2.89. The van der Waals surface area contributed by atoms with Crippen LogP contribution in [0.4, 0.5) is 0 Å². The number of rotatable bonds is 5. The topological polar surface area (TPSA) is 80.3 Å². The highest BCUT2D eigenvalue weighted by molar-refractivity contribution is 6.21. The van der Waals surface area contributed by atoms with Gasteiger partial charge in [0.2, 0.25) is 23.1 Å². The van der Waals surface area contributed by atoms with Crippen molar-refractivity contribution in [1.82, 2.24) is 0 Å².